The Kier molecular flexibility index (Phi) is 5.66. The molecule has 1 N–H and O–H groups in total. The van der Waals surface area contributed by atoms with Crippen molar-refractivity contribution < 1.29 is 13.5 Å². The SMILES string of the molecule is CC(C)CC(C)C(O)C1CCCC(S(C)(=O)=O)C1. The molecule has 0 amide bonds. The van der Waals surface area contributed by atoms with Gasteiger partial charge in [-0.3, -0.25) is 0 Å². The van der Waals surface area contributed by atoms with Crippen LogP contribution in [0.4, 0.5) is 0 Å². The zero-order valence-corrected chi connectivity index (χ0v) is 12.9. The van der Waals surface area contributed by atoms with Gasteiger partial charge in [-0.25, -0.2) is 8.42 Å². The molecule has 0 bridgehead atoms. The predicted molar refractivity (Wildman–Crippen MR) is 75.2 cm³/mol. The van der Waals surface area contributed by atoms with Crippen molar-refractivity contribution in [3.8, 4) is 0 Å². The zero-order valence-electron chi connectivity index (χ0n) is 12.1. The summed E-state index contributed by atoms with van der Waals surface area (Å²) in [6.45, 7) is 6.39. The second-order valence-corrected chi connectivity index (χ2v) is 8.80. The topological polar surface area (TPSA) is 54.4 Å². The molecule has 1 saturated carbocycles. The Labute approximate surface area is 112 Å². The van der Waals surface area contributed by atoms with E-state index in [0.717, 1.165) is 25.7 Å². The first-order chi connectivity index (χ1) is 8.21. The van der Waals surface area contributed by atoms with Gasteiger partial charge in [0.15, 0.2) is 0 Å². The van der Waals surface area contributed by atoms with E-state index in [-0.39, 0.29) is 23.2 Å². The summed E-state index contributed by atoms with van der Waals surface area (Å²) in [5.41, 5.74) is 0. The normalized spacial score (nSPS) is 29.2. The van der Waals surface area contributed by atoms with Crippen LogP contribution < -0.4 is 0 Å². The fourth-order valence-corrected chi connectivity index (χ4v) is 4.42. The number of hydrogen-bond acceptors (Lipinski definition) is 3. The van der Waals surface area contributed by atoms with Crippen LogP contribution in [0.5, 0.6) is 0 Å². The van der Waals surface area contributed by atoms with Crippen molar-refractivity contribution in [3.63, 3.8) is 0 Å². The van der Waals surface area contributed by atoms with Gasteiger partial charge in [-0.2, -0.15) is 0 Å². The number of aliphatic hydroxyl groups is 1. The summed E-state index contributed by atoms with van der Waals surface area (Å²) in [6, 6.07) is 0. The van der Waals surface area contributed by atoms with Gasteiger partial charge >= 0.3 is 0 Å². The van der Waals surface area contributed by atoms with Gasteiger partial charge in [-0.1, -0.05) is 27.2 Å². The highest BCUT2D eigenvalue weighted by Crippen LogP contribution is 2.34. The lowest BCUT2D eigenvalue weighted by atomic mass is 9.78. The zero-order chi connectivity index (χ0) is 13.9. The van der Waals surface area contributed by atoms with Crippen LogP contribution in [0.15, 0.2) is 0 Å². The van der Waals surface area contributed by atoms with E-state index in [0.29, 0.717) is 12.3 Å². The maximum Gasteiger partial charge on any atom is 0.150 e. The molecular weight excluding hydrogens is 248 g/mol. The maximum absolute atomic E-state index is 11.6. The van der Waals surface area contributed by atoms with Crippen LogP contribution in [0, 0.1) is 17.8 Å². The third-order valence-electron chi connectivity index (χ3n) is 4.18. The van der Waals surface area contributed by atoms with E-state index in [1.165, 1.54) is 6.26 Å². The Morgan fingerprint density at radius 3 is 2.33 bits per heavy atom. The monoisotopic (exact) mass is 276 g/mol. The largest absolute Gasteiger partial charge is 0.393 e. The molecule has 108 valence electrons. The number of rotatable bonds is 5. The Morgan fingerprint density at radius 1 is 1.22 bits per heavy atom. The highest BCUT2D eigenvalue weighted by molar-refractivity contribution is 7.91. The second-order valence-electron chi connectivity index (χ2n) is 6.48. The molecular formula is C14H28O3S. The van der Waals surface area contributed by atoms with E-state index in [9.17, 15) is 13.5 Å². The first-order valence-corrected chi connectivity index (χ1v) is 9.04. The minimum atomic E-state index is -2.95. The van der Waals surface area contributed by atoms with Gasteiger partial charge in [0.05, 0.1) is 11.4 Å². The van der Waals surface area contributed by atoms with Crippen LogP contribution in [0.3, 0.4) is 0 Å². The molecule has 0 spiro atoms. The summed E-state index contributed by atoms with van der Waals surface area (Å²) in [4.78, 5) is 0. The molecule has 4 unspecified atom stereocenters. The van der Waals surface area contributed by atoms with Gasteiger partial charge < -0.3 is 5.11 Å². The standard InChI is InChI=1S/C14H28O3S/c1-10(2)8-11(3)14(15)12-6-5-7-13(9-12)18(4,16)17/h10-15H,5-9H2,1-4H3. The fraction of sp³-hybridized carbons (Fsp3) is 1.00. The number of aliphatic hydroxyl groups excluding tert-OH is 1. The van der Waals surface area contributed by atoms with Gasteiger partial charge in [-0.15, -0.1) is 0 Å². The van der Waals surface area contributed by atoms with E-state index in [2.05, 4.69) is 20.8 Å². The molecule has 0 saturated heterocycles. The van der Waals surface area contributed by atoms with Gasteiger partial charge in [0, 0.05) is 6.26 Å². The smallest absolute Gasteiger partial charge is 0.150 e. The highest BCUT2D eigenvalue weighted by atomic mass is 32.2. The van der Waals surface area contributed by atoms with Crippen LogP contribution in [0.2, 0.25) is 0 Å². The van der Waals surface area contributed by atoms with Crippen LogP contribution in [-0.2, 0) is 9.84 Å². The first kappa shape index (κ1) is 16.0. The summed E-state index contributed by atoms with van der Waals surface area (Å²) < 4.78 is 23.2. The van der Waals surface area contributed by atoms with Crippen molar-refractivity contribution in [3.05, 3.63) is 0 Å². The molecule has 0 aromatic rings. The fourth-order valence-electron chi connectivity index (χ4n) is 3.23. The average Bonchev–Trinajstić information content (AvgIpc) is 2.26. The average molecular weight is 276 g/mol. The predicted octanol–water partition coefficient (Wildman–Crippen LogP) is 2.63. The Morgan fingerprint density at radius 2 is 1.83 bits per heavy atom. The summed E-state index contributed by atoms with van der Waals surface area (Å²) in [5.74, 6) is 0.990. The van der Waals surface area contributed by atoms with Gasteiger partial charge in [0.25, 0.3) is 0 Å². The third kappa shape index (κ3) is 4.54. The molecule has 0 aliphatic heterocycles. The van der Waals surface area contributed by atoms with E-state index in [1.807, 2.05) is 0 Å². The Bertz CT molecular complexity index is 348. The summed E-state index contributed by atoms with van der Waals surface area (Å²) in [6.07, 6.45) is 5.27. The molecule has 4 heteroatoms. The maximum atomic E-state index is 11.6. The Hall–Kier alpha value is -0.0900. The third-order valence-corrected chi connectivity index (χ3v) is 5.82. The number of sulfone groups is 1. The molecule has 3 nitrogen and oxygen atoms in total. The quantitative estimate of drug-likeness (QED) is 0.840. The van der Waals surface area contributed by atoms with Crippen molar-refractivity contribution in [1.82, 2.24) is 0 Å². The molecule has 1 fully saturated rings. The molecule has 18 heavy (non-hydrogen) atoms. The molecule has 1 aliphatic rings. The van der Waals surface area contributed by atoms with E-state index < -0.39 is 9.84 Å². The van der Waals surface area contributed by atoms with Crippen molar-refractivity contribution in [2.75, 3.05) is 6.26 Å². The molecule has 1 aliphatic carbocycles. The highest BCUT2D eigenvalue weighted by Gasteiger charge is 2.34. The van der Waals surface area contributed by atoms with Crippen molar-refractivity contribution in [1.29, 1.82) is 0 Å². The summed E-state index contributed by atoms with van der Waals surface area (Å²) in [5, 5.41) is 10.1. The van der Waals surface area contributed by atoms with Crippen LogP contribution >= 0.6 is 0 Å². The summed E-state index contributed by atoms with van der Waals surface area (Å²) >= 11 is 0. The van der Waals surface area contributed by atoms with E-state index in [4.69, 9.17) is 0 Å². The lowest BCUT2D eigenvalue weighted by Crippen LogP contribution is -2.36. The lowest BCUT2D eigenvalue weighted by Gasteiger charge is -2.34. The van der Waals surface area contributed by atoms with Gasteiger partial charge in [0.1, 0.15) is 9.84 Å². The van der Waals surface area contributed by atoms with Crippen LogP contribution in [-0.4, -0.2) is 31.1 Å². The molecule has 0 heterocycles. The minimum Gasteiger partial charge on any atom is -0.393 e. The molecule has 0 aromatic heterocycles. The van der Waals surface area contributed by atoms with Gasteiger partial charge in [0.2, 0.25) is 0 Å². The Balaban J connectivity index is 2.61. The first-order valence-electron chi connectivity index (χ1n) is 7.08. The molecule has 4 atom stereocenters. The lowest BCUT2D eigenvalue weighted by molar-refractivity contribution is 0.0329. The number of hydrogen-bond donors (Lipinski definition) is 1. The second kappa shape index (κ2) is 6.38. The summed E-state index contributed by atoms with van der Waals surface area (Å²) in [7, 11) is -2.95. The van der Waals surface area contributed by atoms with Crippen molar-refractivity contribution >= 4 is 9.84 Å². The van der Waals surface area contributed by atoms with Gasteiger partial charge in [-0.05, 0) is 43.4 Å². The van der Waals surface area contributed by atoms with Crippen LogP contribution in [0.25, 0.3) is 0 Å². The van der Waals surface area contributed by atoms with Crippen LogP contribution in [0.1, 0.15) is 52.9 Å². The minimum absolute atomic E-state index is 0.159. The molecule has 0 radical (unpaired) electrons. The van der Waals surface area contributed by atoms with E-state index in [1.54, 1.807) is 0 Å². The van der Waals surface area contributed by atoms with E-state index >= 15 is 0 Å². The molecule has 0 aromatic carbocycles. The van der Waals surface area contributed by atoms with Crippen molar-refractivity contribution in [2.24, 2.45) is 17.8 Å². The van der Waals surface area contributed by atoms with Crippen molar-refractivity contribution in [2.45, 2.75) is 64.2 Å². The molecule has 1 rings (SSSR count).